The van der Waals surface area contributed by atoms with Crippen LogP contribution in [0.1, 0.15) is 42.3 Å². The third-order valence-electron chi connectivity index (χ3n) is 6.51. The molecule has 206 valence electrons. The number of hydrogen-bond donors (Lipinski definition) is 4. The lowest BCUT2D eigenvalue weighted by Crippen LogP contribution is -2.35. The lowest BCUT2D eigenvalue weighted by atomic mass is 9.97. The Balaban J connectivity index is 1.23. The second kappa shape index (κ2) is 11.3. The zero-order valence-electron chi connectivity index (χ0n) is 23.0. The maximum Gasteiger partial charge on any atom is 0.275 e. The van der Waals surface area contributed by atoms with Crippen LogP contribution in [0, 0.1) is 17.7 Å². The zero-order chi connectivity index (χ0) is 28.3. The molecule has 2 aromatic heterocycles. The van der Waals surface area contributed by atoms with E-state index >= 15 is 0 Å². The number of hydrogen-bond acceptors (Lipinski definition) is 9. The van der Waals surface area contributed by atoms with Gasteiger partial charge in [0.15, 0.2) is 11.7 Å². The number of rotatable bonds is 8. The van der Waals surface area contributed by atoms with Crippen molar-refractivity contribution in [3.05, 3.63) is 83.6 Å². The lowest BCUT2D eigenvalue weighted by molar-refractivity contribution is 0.0169. The molecule has 0 atom stereocenters. The van der Waals surface area contributed by atoms with Crippen molar-refractivity contribution in [3.8, 4) is 11.3 Å². The summed E-state index contributed by atoms with van der Waals surface area (Å²) in [6.45, 7) is 8.50. The van der Waals surface area contributed by atoms with Crippen molar-refractivity contribution in [1.29, 1.82) is 5.41 Å². The molecule has 40 heavy (non-hydrogen) atoms. The van der Waals surface area contributed by atoms with Gasteiger partial charge in [0.25, 0.3) is 5.91 Å². The van der Waals surface area contributed by atoms with Crippen LogP contribution in [0.25, 0.3) is 22.2 Å². The van der Waals surface area contributed by atoms with Crippen molar-refractivity contribution >= 4 is 34.2 Å². The summed E-state index contributed by atoms with van der Waals surface area (Å²) in [5.41, 5.74) is 14.4. The van der Waals surface area contributed by atoms with Gasteiger partial charge >= 0.3 is 0 Å². The summed E-state index contributed by atoms with van der Waals surface area (Å²) >= 11 is 0. The van der Waals surface area contributed by atoms with Crippen LogP contribution in [0.4, 0.5) is 11.5 Å². The van der Waals surface area contributed by atoms with Crippen LogP contribution in [-0.4, -0.2) is 35.0 Å². The SMILES string of the molecule is Cc1cc(-c2ccc3c(n2)N(Cc2ccc4ncccc4c2)NN3)ccc1C(=O)NOCCOC(=N)C(C)(C)C. The maximum atomic E-state index is 12.7. The average Bonchev–Trinajstić information content (AvgIpc) is 3.33. The number of nitrogens with zero attached hydrogens (tertiary/aromatic N) is 3. The fourth-order valence-electron chi connectivity index (χ4n) is 4.26. The number of fused-ring (bicyclic) bond motifs is 2. The second-order valence-electron chi connectivity index (χ2n) is 10.7. The minimum atomic E-state index is -0.365. The van der Waals surface area contributed by atoms with E-state index in [9.17, 15) is 4.79 Å². The molecule has 1 amide bonds. The standard InChI is InChI=1S/C30H33N7O3/c1-19-16-22(8-9-23(19)28(38)35-40-15-14-39-29(31)30(2,3)4)25-11-12-26-27(33-25)37(36-34-26)18-20-7-10-24-21(17-20)6-5-13-32-24/h5-13,16-17,31,34,36H,14-15,18H2,1-4H3,(H,35,38). The molecular weight excluding hydrogens is 506 g/mol. The van der Waals surface area contributed by atoms with Gasteiger partial charge in [0.2, 0.25) is 0 Å². The first kappa shape index (κ1) is 27.0. The molecule has 0 radical (unpaired) electrons. The molecule has 2 aromatic carbocycles. The summed E-state index contributed by atoms with van der Waals surface area (Å²) in [4.78, 5) is 27.2. The molecule has 0 saturated heterocycles. The number of benzene rings is 2. The van der Waals surface area contributed by atoms with Crippen LogP contribution >= 0.6 is 0 Å². The Hall–Kier alpha value is -4.54. The highest BCUT2D eigenvalue weighted by Gasteiger charge is 2.22. The molecule has 5 rings (SSSR count). The normalized spacial score (nSPS) is 12.7. The first-order chi connectivity index (χ1) is 19.2. The molecule has 0 bridgehead atoms. The van der Waals surface area contributed by atoms with Gasteiger partial charge in [-0.3, -0.25) is 25.0 Å². The molecule has 0 unspecified atom stereocenters. The minimum Gasteiger partial charge on any atom is -0.478 e. The Labute approximate surface area is 233 Å². The van der Waals surface area contributed by atoms with Crippen molar-refractivity contribution in [2.24, 2.45) is 5.41 Å². The quantitative estimate of drug-likeness (QED) is 0.105. The number of aryl methyl sites for hydroxylation is 1. The molecule has 1 aliphatic heterocycles. The van der Waals surface area contributed by atoms with Crippen LogP contribution in [0.15, 0.2) is 66.9 Å². The number of carbonyl (C=O) groups excluding carboxylic acids is 1. The fraction of sp³-hybridized carbons (Fsp3) is 0.267. The van der Waals surface area contributed by atoms with Crippen LogP contribution in [0.5, 0.6) is 0 Å². The van der Waals surface area contributed by atoms with E-state index in [1.807, 2.05) is 69.1 Å². The van der Waals surface area contributed by atoms with E-state index in [0.29, 0.717) is 12.1 Å². The van der Waals surface area contributed by atoms with Gasteiger partial charge < -0.3 is 10.2 Å². The number of hydrazine groups is 2. The molecule has 0 aliphatic carbocycles. The summed E-state index contributed by atoms with van der Waals surface area (Å²) < 4.78 is 5.36. The van der Waals surface area contributed by atoms with Gasteiger partial charge in [-0.15, -0.1) is 5.53 Å². The number of hydroxylamine groups is 1. The number of nitrogens with one attached hydrogen (secondary N) is 4. The lowest BCUT2D eigenvalue weighted by Gasteiger charge is -2.19. The highest BCUT2D eigenvalue weighted by atomic mass is 16.7. The zero-order valence-corrected chi connectivity index (χ0v) is 23.0. The monoisotopic (exact) mass is 539 g/mol. The Bertz CT molecular complexity index is 1560. The molecule has 0 saturated carbocycles. The van der Waals surface area contributed by atoms with Gasteiger partial charge in [0.1, 0.15) is 13.2 Å². The summed E-state index contributed by atoms with van der Waals surface area (Å²) in [7, 11) is 0. The Morgan fingerprint density at radius 2 is 1.93 bits per heavy atom. The summed E-state index contributed by atoms with van der Waals surface area (Å²) in [6.07, 6.45) is 1.80. The highest BCUT2D eigenvalue weighted by Crippen LogP contribution is 2.32. The van der Waals surface area contributed by atoms with Gasteiger partial charge in [-0.25, -0.2) is 10.5 Å². The van der Waals surface area contributed by atoms with Crippen molar-refractivity contribution < 1.29 is 14.4 Å². The Kier molecular flexibility index (Phi) is 7.63. The van der Waals surface area contributed by atoms with Crippen molar-refractivity contribution in [2.45, 2.75) is 34.2 Å². The number of ether oxygens (including phenoxy) is 1. The van der Waals surface area contributed by atoms with E-state index in [0.717, 1.165) is 44.8 Å². The maximum absolute atomic E-state index is 12.7. The van der Waals surface area contributed by atoms with Gasteiger partial charge in [-0.2, -0.15) is 0 Å². The van der Waals surface area contributed by atoms with E-state index < -0.39 is 0 Å². The van der Waals surface area contributed by atoms with Gasteiger partial charge in [-0.1, -0.05) is 39.0 Å². The Morgan fingerprint density at radius 3 is 2.73 bits per heavy atom. The number of aromatic nitrogens is 2. The molecule has 10 heteroatoms. The van der Waals surface area contributed by atoms with Crippen LogP contribution in [-0.2, 0) is 16.1 Å². The van der Waals surface area contributed by atoms with Crippen LogP contribution in [0.3, 0.4) is 0 Å². The van der Waals surface area contributed by atoms with Gasteiger partial charge in [0.05, 0.1) is 23.4 Å². The smallest absolute Gasteiger partial charge is 0.275 e. The van der Waals surface area contributed by atoms with Crippen molar-refractivity contribution in [1.82, 2.24) is 21.0 Å². The largest absolute Gasteiger partial charge is 0.478 e. The van der Waals surface area contributed by atoms with Gasteiger partial charge in [-0.05, 0) is 60.5 Å². The summed E-state index contributed by atoms with van der Waals surface area (Å²) in [5.74, 6) is 0.621. The molecule has 1 aliphatic rings. The molecule has 0 fully saturated rings. The third kappa shape index (κ3) is 6.03. The molecule has 3 heterocycles. The summed E-state index contributed by atoms with van der Waals surface area (Å²) in [6, 6.07) is 19.7. The second-order valence-corrected chi connectivity index (χ2v) is 10.7. The molecule has 4 aromatic rings. The average molecular weight is 540 g/mol. The first-order valence-electron chi connectivity index (χ1n) is 13.1. The van der Waals surface area contributed by atoms with Crippen LogP contribution < -0.4 is 21.4 Å². The first-order valence-corrected chi connectivity index (χ1v) is 13.1. The van der Waals surface area contributed by atoms with E-state index in [4.69, 9.17) is 20.0 Å². The van der Waals surface area contributed by atoms with Crippen molar-refractivity contribution in [3.63, 3.8) is 0 Å². The summed E-state index contributed by atoms with van der Waals surface area (Å²) in [5, 5.41) is 10.9. The Morgan fingerprint density at radius 1 is 1.07 bits per heavy atom. The van der Waals surface area contributed by atoms with Crippen LogP contribution in [0.2, 0.25) is 0 Å². The number of carbonyl (C=O) groups is 1. The molecule has 4 N–H and O–H groups in total. The van der Waals surface area contributed by atoms with Gasteiger partial charge in [0, 0.05) is 28.1 Å². The molecule has 10 nitrogen and oxygen atoms in total. The minimum absolute atomic E-state index is 0.134. The third-order valence-corrected chi connectivity index (χ3v) is 6.51. The van der Waals surface area contributed by atoms with E-state index in [1.54, 1.807) is 12.3 Å². The molecular formula is C30H33N7O3. The number of amides is 1. The van der Waals surface area contributed by atoms with E-state index in [1.165, 1.54) is 0 Å². The van der Waals surface area contributed by atoms with Crippen molar-refractivity contribution in [2.75, 3.05) is 23.6 Å². The topological polar surface area (TPSA) is 124 Å². The number of pyridine rings is 2. The molecule has 0 spiro atoms. The predicted octanol–water partition coefficient (Wildman–Crippen LogP) is 5.16. The predicted molar refractivity (Wildman–Crippen MR) is 156 cm³/mol. The van der Waals surface area contributed by atoms with E-state index in [2.05, 4.69) is 39.6 Å². The fourth-order valence-corrected chi connectivity index (χ4v) is 4.26. The highest BCUT2D eigenvalue weighted by molar-refractivity contribution is 5.95. The van der Waals surface area contributed by atoms with E-state index in [-0.39, 0.29) is 30.4 Å². The number of anilines is 2.